The van der Waals surface area contributed by atoms with E-state index in [-0.39, 0.29) is 16.8 Å². The lowest BCUT2D eigenvalue weighted by Gasteiger charge is -2.34. The number of amides is 2. The fourth-order valence-corrected chi connectivity index (χ4v) is 4.69. The van der Waals surface area contributed by atoms with E-state index < -0.39 is 29.7 Å². The molecular weight excluding hydrogens is 455 g/mol. The number of nitrogens with zero attached hydrogens (tertiary/aromatic N) is 2. The molecule has 0 saturated heterocycles. The molecule has 4 rings (SSSR count). The smallest absolute Gasteiger partial charge is 0.312 e. The molecule has 1 aliphatic heterocycles. The third-order valence-electron chi connectivity index (χ3n) is 6.72. The highest BCUT2D eigenvalue weighted by atomic mass is 19.4. The Morgan fingerprint density at radius 2 is 1.57 bits per heavy atom. The Morgan fingerprint density at radius 3 is 2.11 bits per heavy atom. The van der Waals surface area contributed by atoms with Gasteiger partial charge < -0.3 is 5.32 Å². The maximum Gasteiger partial charge on any atom is 0.442 e. The SMILES string of the molecule is CC(C)(C)c1ccc(C(=O)N[C@]2(C(F)(F)F)N=C(c3ccccc3)N(C3CCCCC3)C2=O)cc1. The average Bonchev–Trinajstić information content (AvgIpc) is 3.13. The summed E-state index contributed by atoms with van der Waals surface area (Å²) in [6.07, 6.45) is -1.33. The quantitative estimate of drug-likeness (QED) is 0.613. The summed E-state index contributed by atoms with van der Waals surface area (Å²) >= 11 is 0. The van der Waals surface area contributed by atoms with Gasteiger partial charge in [0, 0.05) is 17.2 Å². The zero-order valence-electron chi connectivity index (χ0n) is 20.2. The number of hydrogen-bond donors (Lipinski definition) is 1. The van der Waals surface area contributed by atoms with Crippen LogP contribution in [0.15, 0.2) is 59.6 Å². The van der Waals surface area contributed by atoms with Gasteiger partial charge in [-0.15, -0.1) is 0 Å². The minimum Gasteiger partial charge on any atom is -0.312 e. The molecule has 1 atom stereocenters. The van der Waals surface area contributed by atoms with E-state index in [0.717, 1.165) is 24.8 Å². The number of nitrogens with one attached hydrogen (secondary N) is 1. The molecule has 1 heterocycles. The average molecular weight is 486 g/mol. The normalized spacial score (nSPS) is 21.7. The molecule has 1 N–H and O–H groups in total. The van der Waals surface area contributed by atoms with E-state index in [2.05, 4.69) is 4.99 Å². The van der Waals surface area contributed by atoms with Gasteiger partial charge in [-0.2, -0.15) is 13.2 Å². The first-order chi connectivity index (χ1) is 16.4. The van der Waals surface area contributed by atoms with Crippen LogP contribution in [-0.4, -0.2) is 40.4 Å². The molecule has 2 aromatic rings. The van der Waals surface area contributed by atoms with Crippen molar-refractivity contribution >= 4 is 17.6 Å². The van der Waals surface area contributed by atoms with Crippen LogP contribution in [0.4, 0.5) is 13.2 Å². The Bertz CT molecular complexity index is 1120. The molecule has 0 radical (unpaired) electrons. The van der Waals surface area contributed by atoms with E-state index >= 15 is 0 Å². The highest BCUT2D eigenvalue weighted by molar-refractivity contribution is 6.17. The fourth-order valence-electron chi connectivity index (χ4n) is 4.69. The number of amidine groups is 1. The van der Waals surface area contributed by atoms with Gasteiger partial charge in [0.15, 0.2) is 0 Å². The van der Waals surface area contributed by atoms with Crippen LogP contribution in [0.3, 0.4) is 0 Å². The van der Waals surface area contributed by atoms with Crippen molar-refractivity contribution < 1.29 is 22.8 Å². The maximum absolute atomic E-state index is 14.6. The van der Waals surface area contributed by atoms with Crippen LogP contribution in [0.2, 0.25) is 0 Å². The third kappa shape index (κ3) is 4.70. The lowest BCUT2D eigenvalue weighted by molar-refractivity contribution is -0.197. The molecule has 8 heteroatoms. The lowest BCUT2D eigenvalue weighted by atomic mass is 9.86. The molecule has 2 aliphatic rings. The van der Waals surface area contributed by atoms with Crippen molar-refractivity contribution in [3.63, 3.8) is 0 Å². The van der Waals surface area contributed by atoms with Crippen LogP contribution in [0.1, 0.15) is 74.4 Å². The molecule has 0 unspecified atom stereocenters. The van der Waals surface area contributed by atoms with E-state index in [1.807, 2.05) is 26.1 Å². The van der Waals surface area contributed by atoms with Crippen molar-refractivity contribution in [1.29, 1.82) is 0 Å². The second kappa shape index (κ2) is 9.13. The molecule has 186 valence electrons. The molecule has 35 heavy (non-hydrogen) atoms. The summed E-state index contributed by atoms with van der Waals surface area (Å²) < 4.78 is 43.9. The summed E-state index contributed by atoms with van der Waals surface area (Å²) in [5, 5.41) is 1.98. The van der Waals surface area contributed by atoms with Crippen molar-refractivity contribution in [2.24, 2.45) is 4.99 Å². The number of alkyl halides is 3. The number of carbonyl (C=O) groups is 2. The minimum atomic E-state index is -5.13. The Kier molecular flexibility index (Phi) is 6.51. The Labute approximate surface area is 203 Å². The molecule has 1 fully saturated rings. The molecular formula is C27H30F3N3O2. The fraction of sp³-hybridized carbons (Fsp3) is 0.444. The van der Waals surface area contributed by atoms with Gasteiger partial charge >= 0.3 is 11.8 Å². The third-order valence-corrected chi connectivity index (χ3v) is 6.72. The van der Waals surface area contributed by atoms with Crippen LogP contribution in [0.5, 0.6) is 0 Å². The maximum atomic E-state index is 14.6. The number of aliphatic imine (C=N–C) groups is 1. The largest absolute Gasteiger partial charge is 0.442 e. The van der Waals surface area contributed by atoms with Gasteiger partial charge in [0.25, 0.3) is 11.8 Å². The van der Waals surface area contributed by atoms with Crippen LogP contribution < -0.4 is 5.32 Å². The summed E-state index contributed by atoms with van der Waals surface area (Å²) in [5.41, 5.74) is -2.19. The van der Waals surface area contributed by atoms with E-state index in [1.54, 1.807) is 42.5 Å². The summed E-state index contributed by atoms with van der Waals surface area (Å²) in [5.74, 6) is -2.31. The van der Waals surface area contributed by atoms with E-state index in [9.17, 15) is 22.8 Å². The van der Waals surface area contributed by atoms with Crippen molar-refractivity contribution in [1.82, 2.24) is 10.2 Å². The van der Waals surface area contributed by atoms with Gasteiger partial charge in [-0.3, -0.25) is 14.5 Å². The summed E-state index contributed by atoms with van der Waals surface area (Å²) in [6.45, 7) is 5.99. The summed E-state index contributed by atoms with van der Waals surface area (Å²) in [7, 11) is 0. The van der Waals surface area contributed by atoms with Gasteiger partial charge in [-0.1, -0.05) is 82.5 Å². The molecule has 0 aromatic heterocycles. The van der Waals surface area contributed by atoms with Crippen LogP contribution in [0, 0.1) is 0 Å². The van der Waals surface area contributed by atoms with Crippen molar-refractivity contribution in [3.05, 3.63) is 71.3 Å². The van der Waals surface area contributed by atoms with E-state index in [4.69, 9.17) is 0 Å². The second-order valence-corrected chi connectivity index (χ2v) is 10.3. The minimum absolute atomic E-state index is 0.0296. The van der Waals surface area contributed by atoms with Crippen LogP contribution in [0.25, 0.3) is 0 Å². The van der Waals surface area contributed by atoms with Crippen LogP contribution >= 0.6 is 0 Å². The molecule has 5 nitrogen and oxygen atoms in total. The summed E-state index contributed by atoms with van der Waals surface area (Å²) in [4.78, 5) is 31.7. The first-order valence-electron chi connectivity index (χ1n) is 11.9. The lowest BCUT2D eigenvalue weighted by Crippen LogP contribution is -2.64. The van der Waals surface area contributed by atoms with Crippen LogP contribution in [-0.2, 0) is 10.2 Å². The zero-order valence-corrected chi connectivity index (χ0v) is 20.2. The highest BCUT2D eigenvalue weighted by Crippen LogP contribution is 2.41. The number of rotatable bonds is 4. The number of carbonyl (C=O) groups excluding carboxylic acids is 2. The zero-order chi connectivity index (χ0) is 25.4. The van der Waals surface area contributed by atoms with Crippen molar-refractivity contribution in [3.8, 4) is 0 Å². The Balaban J connectivity index is 1.75. The topological polar surface area (TPSA) is 61.8 Å². The van der Waals surface area contributed by atoms with Crippen molar-refractivity contribution in [2.45, 2.75) is 76.2 Å². The van der Waals surface area contributed by atoms with Gasteiger partial charge in [-0.25, -0.2) is 4.99 Å². The number of hydrogen-bond acceptors (Lipinski definition) is 3. The van der Waals surface area contributed by atoms with Gasteiger partial charge in [0.2, 0.25) is 0 Å². The number of benzene rings is 2. The summed E-state index contributed by atoms with van der Waals surface area (Å²) in [6, 6.07) is 14.3. The Hall–Kier alpha value is -3.16. The Morgan fingerprint density at radius 1 is 0.971 bits per heavy atom. The molecule has 0 spiro atoms. The van der Waals surface area contributed by atoms with E-state index in [0.29, 0.717) is 18.4 Å². The monoisotopic (exact) mass is 485 g/mol. The predicted octanol–water partition coefficient (Wildman–Crippen LogP) is 5.59. The van der Waals surface area contributed by atoms with Gasteiger partial charge in [0.05, 0.1) is 0 Å². The predicted molar refractivity (Wildman–Crippen MR) is 128 cm³/mol. The first-order valence-corrected chi connectivity index (χ1v) is 11.9. The van der Waals surface area contributed by atoms with Crippen molar-refractivity contribution in [2.75, 3.05) is 0 Å². The standard InChI is InChI=1S/C27H30F3N3O2/c1-25(2,3)20-16-14-19(15-17-20)23(34)32-26(27(28,29)30)24(35)33(21-12-8-5-9-13-21)22(31-26)18-10-6-4-7-11-18/h4,6-7,10-11,14-17,21H,5,8-9,12-13H2,1-3H3,(H,32,34)/t26-/m1/s1. The second-order valence-electron chi connectivity index (χ2n) is 10.3. The molecule has 2 aromatic carbocycles. The highest BCUT2D eigenvalue weighted by Gasteiger charge is 2.67. The first kappa shape index (κ1) is 24.9. The van der Waals surface area contributed by atoms with E-state index in [1.165, 1.54) is 17.0 Å². The van der Waals surface area contributed by atoms with Gasteiger partial charge in [0.1, 0.15) is 5.84 Å². The molecule has 1 aliphatic carbocycles. The molecule has 2 amide bonds. The van der Waals surface area contributed by atoms with Gasteiger partial charge in [-0.05, 0) is 36.0 Å². The molecule has 1 saturated carbocycles. The molecule has 0 bridgehead atoms. The number of halogens is 3.